The zero-order valence-corrected chi connectivity index (χ0v) is 11.2. The van der Waals surface area contributed by atoms with Crippen molar-refractivity contribution in [3.8, 4) is 0 Å². The average Bonchev–Trinajstić information content (AvgIpc) is 3.16. The molecule has 1 aromatic heterocycles. The van der Waals surface area contributed by atoms with E-state index in [1.54, 1.807) is 11.9 Å². The van der Waals surface area contributed by atoms with Crippen LogP contribution in [-0.4, -0.2) is 50.3 Å². The lowest BCUT2D eigenvalue weighted by Gasteiger charge is -2.34. The highest BCUT2D eigenvalue weighted by Crippen LogP contribution is 2.37. The van der Waals surface area contributed by atoms with Crippen LogP contribution in [0.15, 0.2) is 0 Å². The number of aromatic amines is 1. The number of carbonyl (C=O) groups excluding carboxylic acids is 1. The van der Waals surface area contributed by atoms with E-state index in [4.69, 9.17) is 0 Å². The van der Waals surface area contributed by atoms with Gasteiger partial charge in [-0.3, -0.25) is 9.89 Å². The molecule has 0 saturated heterocycles. The van der Waals surface area contributed by atoms with Gasteiger partial charge in [-0.05, 0) is 25.7 Å². The molecule has 1 heterocycles. The van der Waals surface area contributed by atoms with Crippen molar-refractivity contribution in [1.82, 2.24) is 20.1 Å². The first-order valence-corrected chi connectivity index (χ1v) is 7.04. The number of aromatic nitrogens is 3. The van der Waals surface area contributed by atoms with Crippen LogP contribution in [0.25, 0.3) is 0 Å². The molecule has 1 aromatic rings. The van der Waals surface area contributed by atoms with Crippen molar-refractivity contribution in [3.63, 3.8) is 0 Å². The van der Waals surface area contributed by atoms with E-state index in [-0.39, 0.29) is 17.8 Å². The van der Waals surface area contributed by atoms with Gasteiger partial charge in [0.25, 0.3) is 5.91 Å². The molecule has 0 aromatic carbocycles. The van der Waals surface area contributed by atoms with Gasteiger partial charge in [-0.2, -0.15) is 0 Å². The Balaban J connectivity index is 1.70. The van der Waals surface area contributed by atoms with E-state index in [0.29, 0.717) is 5.92 Å². The zero-order valence-electron chi connectivity index (χ0n) is 11.2. The van der Waals surface area contributed by atoms with Gasteiger partial charge in [0.1, 0.15) is 5.82 Å². The number of amides is 1. The van der Waals surface area contributed by atoms with Crippen LogP contribution in [0.4, 0.5) is 0 Å². The maximum absolute atomic E-state index is 12.3. The van der Waals surface area contributed by atoms with E-state index in [9.17, 15) is 9.90 Å². The Morgan fingerprint density at radius 3 is 2.74 bits per heavy atom. The lowest BCUT2D eigenvalue weighted by molar-refractivity contribution is 0.0261. The summed E-state index contributed by atoms with van der Waals surface area (Å²) in [4.78, 5) is 18.2. The van der Waals surface area contributed by atoms with Crippen LogP contribution in [0.2, 0.25) is 0 Å². The lowest BCUT2D eigenvalue weighted by atomic mass is 9.91. The third-order valence-electron chi connectivity index (χ3n) is 4.17. The quantitative estimate of drug-likeness (QED) is 0.855. The summed E-state index contributed by atoms with van der Waals surface area (Å²) in [7, 11) is 1.73. The van der Waals surface area contributed by atoms with Gasteiger partial charge >= 0.3 is 0 Å². The summed E-state index contributed by atoms with van der Waals surface area (Å²) in [5.41, 5.74) is 0. The number of rotatable bonds is 3. The van der Waals surface area contributed by atoms with Crippen molar-refractivity contribution in [3.05, 3.63) is 11.6 Å². The number of carbonyl (C=O) groups is 1. The first-order valence-electron chi connectivity index (χ1n) is 7.04. The van der Waals surface area contributed by atoms with Crippen molar-refractivity contribution in [2.24, 2.45) is 0 Å². The Kier molecular flexibility index (Phi) is 3.26. The van der Waals surface area contributed by atoms with Gasteiger partial charge in [-0.1, -0.05) is 12.8 Å². The van der Waals surface area contributed by atoms with Gasteiger partial charge in [-0.25, -0.2) is 4.98 Å². The Hall–Kier alpha value is -1.43. The number of hydrogen-bond acceptors (Lipinski definition) is 4. The smallest absolute Gasteiger partial charge is 0.293 e. The summed E-state index contributed by atoms with van der Waals surface area (Å²) in [5.74, 6) is 1.30. The normalized spacial score (nSPS) is 27.3. The number of nitrogens with one attached hydrogen (secondary N) is 1. The topological polar surface area (TPSA) is 82.1 Å². The predicted octanol–water partition coefficient (Wildman–Crippen LogP) is 1.06. The van der Waals surface area contributed by atoms with E-state index in [2.05, 4.69) is 15.2 Å². The first kappa shape index (κ1) is 12.6. The van der Waals surface area contributed by atoms with Crippen LogP contribution >= 0.6 is 0 Å². The van der Waals surface area contributed by atoms with Gasteiger partial charge in [0.15, 0.2) is 0 Å². The third kappa shape index (κ3) is 2.49. The van der Waals surface area contributed by atoms with E-state index in [1.807, 2.05) is 0 Å². The van der Waals surface area contributed by atoms with Crippen molar-refractivity contribution >= 4 is 5.91 Å². The summed E-state index contributed by atoms with van der Waals surface area (Å²) in [6.45, 7) is 0. The average molecular weight is 264 g/mol. The number of aliphatic hydroxyl groups is 1. The SMILES string of the molecule is CN(C(=O)c1n[nH]c(C2CC2)n1)C1CCCCC1O. The second-order valence-electron chi connectivity index (χ2n) is 5.65. The van der Waals surface area contributed by atoms with Crippen molar-refractivity contribution in [2.45, 2.75) is 56.6 Å². The Labute approximate surface area is 112 Å². The molecule has 2 saturated carbocycles. The summed E-state index contributed by atoms with van der Waals surface area (Å²) in [6, 6.07) is -0.107. The molecule has 0 spiro atoms. The summed E-state index contributed by atoms with van der Waals surface area (Å²) >= 11 is 0. The molecule has 2 atom stereocenters. The van der Waals surface area contributed by atoms with Crippen molar-refractivity contribution < 1.29 is 9.90 Å². The highest BCUT2D eigenvalue weighted by molar-refractivity contribution is 5.90. The molecule has 0 radical (unpaired) electrons. The molecular formula is C13H20N4O2. The molecule has 0 bridgehead atoms. The second-order valence-corrected chi connectivity index (χ2v) is 5.65. The Bertz CT molecular complexity index is 469. The Morgan fingerprint density at radius 1 is 1.32 bits per heavy atom. The molecule has 104 valence electrons. The van der Waals surface area contributed by atoms with Gasteiger partial charge in [0.2, 0.25) is 5.82 Å². The number of H-pyrrole nitrogens is 1. The van der Waals surface area contributed by atoms with Gasteiger partial charge in [-0.15, -0.1) is 5.10 Å². The first-order chi connectivity index (χ1) is 9.16. The number of hydrogen-bond donors (Lipinski definition) is 2. The van der Waals surface area contributed by atoms with Crippen molar-refractivity contribution in [1.29, 1.82) is 0 Å². The lowest BCUT2D eigenvalue weighted by Crippen LogP contribution is -2.46. The van der Waals surface area contributed by atoms with Gasteiger partial charge in [0, 0.05) is 13.0 Å². The zero-order chi connectivity index (χ0) is 13.4. The monoisotopic (exact) mass is 264 g/mol. The van der Waals surface area contributed by atoms with Crippen molar-refractivity contribution in [2.75, 3.05) is 7.05 Å². The van der Waals surface area contributed by atoms with E-state index >= 15 is 0 Å². The van der Waals surface area contributed by atoms with Crippen LogP contribution in [0.1, 0.15) is 60.9 Å². The molecule has 2 aliphatic rings. The summed E-state index contributed by atoms with van der Waals surface area (Å²) in [5, 5.41) is 16.9. The fourth-order valence-electron chi connectivity index (χ4n) is 2.76. The van der Waals surface area contributed by atoms with Crippen LogP contribution in [0, 0.1) is 0 Å². The highest BCUT2D eigenvalue weighted by atomic mass is 16.3. The second kappa shape index (κ2) is 4.92. The Morgan fingerprint density at radius 2 is 2.05 bits per heavy atom. The molecule has 6 heteroatoms. The maximum atomic E-state index is 12.3. The molecule has 1 amide bonds. The summed E-state index contributed by atoms with van der Waals surface area (Å²) in [6.07, 6.45) is 5.53. The van der Waals surface area contributed by atoms with Crippen LogP contribution in [-0.2, 0) is 0 Å². The molecule has 2 N–H and O–H groups in total. The predicted molar refractivity (Wildman–Crippen MR) is 68.7 cm³/mol. The number of nitrogens with zero attached hydrogens (tertiary/aromatic N) is 3. The number of likely N-dealkylation sites (N-methyl/N-ethyl adjacent to an activating group) is 1. The maximum Gasteiger partial charge on any atom is 0.293 e. The van der Waals surface area contributed by atoms with Gasteiger partial charge < -0.3 is 10.0 Å². The summed E-state index contributed by atoms with van der Waals surface area (Å²) < 4.78 is 0. The molecule has 3 rings (SSSR count). The molecule has 2 aliphatic carbocycles. The fraction of sp³-hybridized carbons (Fsp3) is 0.769. The standard InChI is InChI=1S/C13H20N4O2/c1-17(9-4-2-3-5-10(9)18)13(19)12-14-11(15-16-12)8-6-7-8/h8-10,18H,2-7H2,1H3,(H,14,15,16). The van der Waals surface area contributed by atoms with Crippen LogP contribution in [0.3, 0.4) is 0 Å². The number of aliphatic hydroxyl groups excluding tert-OH is 1. The molecule has 2 unspecified atom stereocenters. The molecular weight excluding hydrogens is 244 g/mol. The van der Waals surface area contributed by atoms with Gasteiger partial charge in [0.05, 0.1) is 12.1 Å². The molecule has 2 fully saturated rings. The largest absolute Gasteiger partial charge is 0.391 e. The van der Waals surface area contributed by atoms with E-state index < -0.39 is 6.10 Å². The molecule has 6 nitrogen and oxygen atoms in total. The van der Waals surface area contributed by atoms with Crippen LogP contribution in [0.5, 0.6) is 0 Å². The minimum absolute atomic E-state index is 0.107. The van der Waals surface area contributed by atoms with E-state index in [0.717, 1.165) is 44.3 Å². The minimum Gasteiger partial charge on any atom is -0.391 e. The minimum atomic E-state index is -0.426. The fourth-order valence-corrected chi connectivity index (χ4v) is 2.76. The highest BCUT2D eigenvalue weighted by Gasteiger charge is 2.33. The molecule has 0 aliphatic heterocycles. The molecule has 19 heavy (non-hydrogen) atoms. The van der Waals surface area contributed by atoms with Crippen LogP contribution < -0.4 is 0 Å². The third-order valence-corrected chi connectivity index (χ3v) is 4.17. The van der Waals surface area contributed by atoms with E-state index in [1.165, 1.54) is 0 Å².